The number of nitrogens with zero attached hydrogens (tertiary/aromatic N) is 2. The molecule has 2 N–H and O–H groups in total. The van der Waals surface area contributed by atoms with Gasteiger partial charge in [-0.15, -0.1) is 0 Å². The molecule has 1 aliphatic carbocycles. The molecular formula is C11H14N4O3. The first-order valence-corrected chi connectivity index (χ1v) is 5.87. The molecule has 0 radical (unpaired) electrons. The van der Waals surface area contributed by atoms with E-state index >= 15 is 0 Å². The molecule has 1 aliphatic heterocycles. The van der Waals surface area contributed by atoms with Crippen LogP contribution >= 0.6 is 0 Å². The van der Waals surface area contributed by atoms with Crippen molar-refractivity contribution < 1.29 is 9.66 Å². The lowest BCUT2D eigenvalue weighted by molar-refractivity contribution is -0.384. The minimum absolute atomic E-state index is 0.00580. The zero-order valence-corrected chi connectivity index (χ0v) is 9.92. The van der Waals surface area contributed by atoms with Crippen LogP contribution < -0.4 is 15.4 Å². The summed E-state index contributed by atoms with van der Waals surface area (Å²) < 4.78 is 5.00. The van der Waals surface area contributed by atoms with Gasteiger partial charge in [-0.05, 0) is 11.8 Å². The Morgan fingerprint density at radius 1 is 1.50 bits per heavy atom. The van der Waals surface area contributed by atoms with Gasteiger partial charge in [0.05, 0.1) is 12.0 Å². The van der Waals surface area contributed by atoms with Crippen molar-refractivity contribution in [2.24, 2.45) is 11.8 Å². The molecule has 1 aromatic rings. The Morgan fingerprint density at radius 3 is 2.83 bits per heavy atom. The van der Waals surface area contributed by atoms with E-state index in [4.69, 9.17) is 4.74 Å². The van der Waals surface area contributed by atoms with Gasteiger partial charge in [0.2, 0.25) is 11.7 Å². The molecule has 7 heteroatoms. The molecule has 1 saturated heterocycles. The predicted molar refractivity (Wildman–Crippen MR) is 64.7 cm³/mol. The summed E-state index contributed by atoms with van der Waals surface area (Å²) in [5, 5.41) is 17.4. The highest BCUT2D eigenvalue weighted by Gasteiger charge is 2.53. The SMILES string of the molecule is COc1ccc([N+](=O)[O-])c(NC2C3CNCC32)n1. The maximum atomic E-state index is 10.9. The molecule has 2 aliphatic rings. The molecule has 0 spiro atoms. The summed E-state index contributed by atoms with van der Waals surface area (Å²) in [6.45, 7) is 1.94. The maximum Gasteiger partial charge on any atom is 0.311 e. The van der Waals surface area contributed by atoms with Crippen LogP contribution in [0.25, 0.3) is 0 Å². The maximum absolute atomic E-state index is 10.9. The lowest BCUT2D eigenvalue weighted by Gasteiger charge is -2.09. The van der Waals surface area contributed by atoms with Crippen LogP contribution in [0.4, 0.5) is 11.5 Å². The van der Waals surface area contributed by atoms with Crippen molar-refractivity contribution in [3.8, 4) is 5.88 Å². The third-order valence-corrected chi connectivity index (χ3v) is 3.65. The molecule has 2 unspecified atom stereocenters. The summed E-state index contributed by atoms with van der Waals surface area (Å²) in [5.41, 5.74) is -0.00580. The highest BCUT2D eigenvalue weighted by molar-refractivity contribution is 5.58. The van der Waals surface area contributed by atoms with E-state index in [-0.39, 0.29) is 5.69 Å². The number of rotatable bonds is 4. The summed E-state index contributed by atoms with van der Waals surface area (Å²) in [6.07, 6.45) is 0. The highest BCUT2D eigenvalue weighted by Crippen LogP contribution is 2.44. The largest absolute Gasteiger partial charge is 0.481 e. The van der Waals surface area contributed by atoms with E-state index < -0.39 is 4.92 Å². The smallest absolute Gasteiger partial charge is 0.311 e. The number of fused-ring (bicyclic) bond motifs is 1. The fourth-order valence-corrected chi connectivity index (χ4v) is 2.59. The van der Waals surface area contributed by atoms with Gasteiger partial charge < -0.3 is 15.4 Å². The average molecular weight is 250 g/mol. The Morgan fingerprint density at radius 2 is 2.22 bits per heavy atom. The quantitative estimate of drug-likeness (QED) is 0.601. The second-order valence-electron chi connectivity index (χ2n) is 4.63. The van der Waals surface area contributed by atoms with Crippen LogP contribution in [0, 0.1) is 22.0 Å². The van der Waals surface area contributed by atoms with E-state index in [1.807, 2.05) is 0 Å². The normalized spacial score (nSPS) is 28.6. The van der Waals surface area contributed by atoms with E-state index in [9.17, 15) is 10.1 Å². The predicted octanol–water partition coefficient (Wildman–Crippen LogP) is 0.628. The summed E-state index contributed by atoms with van der Waals surface area (Å²) in [4.78, 5) is 14.6. The molecule has 2 fully saturated rings. The number of nitrogens with one attached hydrogen (secondary N) is 2. The van der Waals surface area contributed by atoms with Gasteiger partial charge >= 0.3 is 5.69 Å². The number of ether oxygens (including phenoxy) is 1. The fourth-order valence-electron chi connectivity index (χ4n) is 2.59. The molecule has 0 aromatic carbocycles. The van der Waals surface area contributed by atoms with Gasteiger partial charge in [0.1, 0.15) is 0 Å². The summed E-state index contributed by atoms with van der Waals surface area (Å²) in [6, 6.07) is 3.22. The Labute approximate surface area is 104 Å². The Hall–Kier alpha value is -1.89. The van der Waals surface area contributed by atoms with Crippen LogP contribution in [0.15, 0.2) is 12.1 Å². The van der Waals surface area contributed by atoms with Crippen LogP contribution in [0.2, 0.25) is 0 Å². The standard InChI is InChI=1S/C11H14N4O3/c1-18-9-3-2-8(15(16)17)11(13-9)14-10-6-4-12-5-7(6)10/h2-3,6-7,10,12H,4-5H2,1H3,(H,13,14). The van der Waals surface area contributed by atoms with Gasteiger partial charge in [0.15, 0.2) is 0 Å². The Kier molecular flexibility index (Phi) is 2.55. The van der Waals surface area contributed by atoms with E-state index in [1.54, 1.807) is 0 Å². The van der Waals surface area contributed by atoms with Crippen LogP contribution in [0.1, 0.15) is 0 Å². The van der Waals surface area contributed by atoms with Crippen LogP contribution in [-0.2, 0) is 0 Å². The molecule has 96 valence electrons. The van der Waals surface area contributed by atoms with E-state index in [0.29, 0.717) is 29.6 Å². The monoisotopic (exact) mass is 250 g/mol. The number of anilines is 1. The van der Waals surface area contributed by atoms with Gasteiger partial charge in [0.25, 0.3) is 0 Å². The third-order valence-electron chi connectivity index (χ3n) is 3.65. The molecule has 1 aromatic heterocycles. The lowest BCUT2D eigenvalue weighted by Crippen LogP contribution is -2.22. The number of nitro groups is 1. The number of methoxy groups -OCH3 is 1. The molecule has 7 nitrogen and oxygen atoms in total. The molecular weight excluding hydrogens is 236 g/mol. The van der Waals surface area contributed by atoms with Crippen molar-refractivity contribution >= 4 is 11.5 Å². The van der Waals surface area contributed by atoms with E-state index in [0.717, 1.165) is 13.1 Å². The number of pyridine rings is 1. The fraction of sp³-hybridized carbons (Fsp3) is 0.545. The van der Waals surface area contributed by atoms with Crippen molar-refractivity contribution in [2.45, 2.75) is 6.04 Å². The van der Waals surface area contributed by atoms with E-state index in [2.05, 4.69) is 15.6 Å². The van der Waals surface area contributed by atoms with E-state index in [1.165, 1.54) is 19.2 Å². The second kappa shape index (κ2) is 4.09. The van der Waals surface area contributed by atoms with Gasteiger partial charge in [0, 0.05) is 31.3 Å². The molecule has 2 heterocycles. The van der Waals surface area contributed by atoms with Gasteiger partial charge in [-0.2, -0.15) is 4.98 Å². The number of piperidine rings is 1. The van der Waals surface area contributed by atoms with Crippen LogP contribution in [0.3, 0.4) is 0 Å². The van der Waals surface area contributed by atoms with Gasteiger partial charge in [-0.1, -0.05) is 0 Å². The topological polar surface area (TPSA) is 89.3 Å². The first kappa shape index (κ1) is 11.2. The third kappa shape index (κ3) is 1.76. The lowest BCUT2D eigenvalue weighted by atomic mass is 10.3. The van der Waals surface area contributed by atoms with Crippen molar-refractivity contribution in [2.75, 3.05) is 25.5 Å². The molecule has 3 rings (SSSR count). The summed E-state index contributed by atoms with van der Waals surface area (Å²) in [7, 11) is 1.49. The second-order valence-corrected chi connectivity index (χ2v) is 4.63. The first-order chi connectivity index (χ1) is 8.70. The molecule has 0 amide bonds. The number of hydrogen-bond donors (Lipinski definition) is 2. The highest BCUT2D eigenvalue weighted by atomic mass is 16.6. The minimum Gasteiger partial charge on any atom is -0.481 e. The van der Waals surface area contributed by atoms with Crippen molar-refractivity contribution in [3.63, 3.8) is 0 Å². The molecule has 0 bridgehead atoms. The molecule has 1 saturated carbocycles. The zero-order chi connectivity index (χ0) is 12.7. The average Bonchev–Trinajstić information content (AvgIpc) is 2.81. The minimum atomic E-state index is -0.425. The van der Waals surface area contributed by atoms with Crippen LogP contribution in [-0.4, -0.2) is 36.1 Å². The van der Waals surface area contributed by atoms with Gasteiger partial charge in [-0.3, -0.25) is 10.1 Å². The van der Waals surface area contributed by atoms with Crippen molar-refractivity contribution in [1.82, 2.24) is 10.3 Å². The number of hydrogen-bond acceptors (Lipinski definition) is 6. The summed E-state index contributed by atoms with van der Waals surface area (Å²) in [5.74, 6) is 1.82. The zero-order valence-electron chi connectivity index (χ0n) is 9.92. The summed E-state index contributed by atoms with van der Waals surface area (Å²) >= 11 is 0. The number of aromatic nitrogens is 1. The van der Waals surface area contributed by atoms with Crippen LogP contribution in [0.5, 0.6) is 5.88 Å². The molecule has 18 heavy (non-hydrogen) atoms. The van der Waals surface area contributed by atoms with Gasteiger partial charge in [-0.25, -0.2) is 0 Å². The first-order valence-electron chi connectivity index (χ1n) is 5.87. The van der Waals surface area contributed by atoms with Crippen molar-refractivity contribution in [1.29, 1.82) is 0 Å². The Balaban J connectivity index is 1.82. The van der Waals surface area contributed by atoms with Crippen molar-refractivity contribution in [3.05, 3.63) is 22.2 Å². The Bertz CT molecular complexity index is 483. The molecule has 2 atom stereocenters.